The Morgan fingerprint density at radius 3 is 2.61 bits per heavy atom. The van der Waals surface area contributed by atoms with E-state index in [0.29, 0.717) is 12.5 Å². The number of nitrogens with zero attached hydrogens (tertiary/aromatic N) is 6. The highest BCUT2D eigenvalue weighted by molar-refractivity contribution is 5.89. The number of hydrogen-bond acceptors (Lipinski definition) is 6. The summed E-state index contributed by atoms with van der Waals surface area (Å²) in [6.07, 6.45) is 5.56. The van der Waals surface area contributed by atoms with Crippen molar-refractivity contribution in [1.29, 1.82) is 0 Å². The van der Waals surface area contributed by atoms with Crippen LogP contribution in [0.5, 0.6) is 0 Å². The molecule has 0 bridgehead atoms. The molecule has 1 atom stereocenters. The molecule has 5 rings (SSSR count). The van der Waals surface area contributed by atoms with Gasteiger partial charge in [0.1, 0.15) is 12.6 Å². The maximum absolute atomic E-state index is 12.9. The molecule has 0 fully saturated rings. The van der Waals surface area contributed by atoms with Gasteiger partial charge in [0.2, 0.25) is 5.91 Å². The predicted molar refractivity (Wildman–Crippen MR) is 125 cm³/mol. The molecule has 1 amide bonds. The van der Waals surface area contributed by atoms with Gasteiger partial charge in [0.05, 0.1) is 5.70 Å². The summed E-state index contributed by atoms with van der Waals surface area (Å²) in [4.78, 5) is 18.9. The van der Waals surface area contributed by atoms with E-state index in [1.54, 1.807) is 17.1 Å². The van der Waals surface area contributed by atoms with Gasteiger partial charge in [0.25, 0.3) is 5.95 Å². The summed E-state index contributed by atoms with van der Waals surface area (Å²) in [5.41, 5.74) is 5.06. The highest BCUT2D eigenvalue weighted by atomic mass is 16.2. The number of carbonyl (C=O) groups excluding carboxylic acids is 1. The normalized spacial score (nSPS) is 15.0. The summed E-state index contributed by atoms with van der Waals surface area (Å²) in [6.45, 7) is 2.54. The SMILES string of the molecule is Cc1ccc(C2=C[C@@H](c3ccccc3)n3nnnc3N2CC(=O)NCc2cccnc2)cc1. The van der Waals surface area contributed by atoms with Crippen LogP contribution >= 0.6 is 0 Å². The highest BCUT2D eigenvalue weighted by Gasteiger charge is 2.31. The van der Waals surface area contributed by atoms with Gasteiger partial charge in [-0.1, -0.05) is 71.3 Å². The van der Waals surface area contributed by atoms with Gasteiger partial charge in [-0.05, 0) is 46.2 Å². The van der Waals surface area contributed by atoms with E-state index in [1.807, 2.05) is 35.2 Å². The van der Waals surface area contributed by atoms with Gasteiger partial charge in [0, 0.05) is 18.9 Å². The van der Waals surface area contributed by atoms with Crippen LogP contribution in [0.1, 0.15) is 28.3 Å². The maximum atomic E-state index is 12.9. The van der Waals surface area contributed by atoms with Gasteiger partial charge in [0.15, 0.2) is 0 Å². The van der Waals surface area contributed by atoms with Crippen LogP contribution in [0.3, 0.4) is 0 Å². The lowest BCUT2D eigenvalue weighted by Gasteiger charge is -2.32. The first-order valence-corrected chi connectivity index (χ1v) is 10.7. The van der Waals surface area contributed by atoms with Crippen molar-refractivity contribution in [3.05, 3.63) is 107 Å². The number of benzene rings is 2. The lowest BCUT2D eigenvalue weighted by atomic mass is 10.00. The molecule has 1 N–H and O–H groups in total. The van der Waals surface area contributed by atoms with Crippen molar-refractivity contribution in [2.24, 2.45) is 0 Å². The van der Waals surface area contributed by atoms with E-state index in [9.17, 15) is 4.79 Å². The quantitative estimate of drug-likeness (QED) is 0.499. The van der Waals surface area contributed by atoms with Crippen LogP contribution in [0.15, 0.2) is 85.2 Å². The van der Waals surface area contributed by atoms with E-state index < -0.39 is 0 Å². The van der Waals surface area contributed by atoms with Crippen molar-refractivity contribution in [1.82, 2.24) is 30.5 Å². The largest absolute Gasteiger partial charge is 0.350 e. The van der Waals surface area contributed by atoms with Crippen molar-refractivity contribution < 1.29 is 4.79 Å². The lowest BCUT2D eigenvalue weighted by molar-refractivity contribution is -0.119. The Kier molecular flexibility index (Phi) is 5.63. The minimum atomic E-state index is -0.179. The molecule has 0 spiro atoms. The Labute approximate surface area is 191 Å². The molecule has 2 aromatic carbocycles. The number of rotatable bonds is 6. The van der Waals surface area contributed by atoms with Crippen molar-refractivity contribution in [2.45, 2.75) is 19.5 Å². The molecule has 0 unspecified atom stereocenters. The molecule has 4 aromatic rings. The van der Waals surface area contributed by atoms with Crippen molar-refractivity contribution in [3.63, 3.8) is 0 Å². The molecular formula is C25H23N7O. The Balaban J connectivity index is 1.48. The fourth-order valence-corrected chi connectivity index (χ4v) is 3.89. The third kappa shape index (κ3) is 4.36. The van der Waals surface area contributed by atoms with Crippen LogP contribution < -0.4 is 10.2 Å². The summed E-state index contributed by atoms with van der Waals surface area (Å²) < 4.78 is 1.75. The number of amides is 1. The zero-order chi connectivity index (χ0) is 22.6. The lowest BCUT2D eigenvalue weighted by Crippen LogP contribution is -2.39. The molecule has 164 valence electrons. The van der Waals surface area contributed by atoms with Crippen LogP contribution in [0.4, 0.5) is 5.95 Å². The minimum absolute atomic E-state index is 0.0852. The van der Waals surface area contributed by atoms with Gasteiger partial charge in [-0.15, -0.1) is 0 Å². The summed E-state index contributed by atoms with van der Waals surface area (Å²) in [6, 6.07) is 21.9. The summed E-state index contributed by atoms with van der Waals surface area (Å²) in [7, 11) is 0. The molecule has 1 aliphatic rings. The van der Waals surface area contributed by atoms with Crippen LogP contribution in [-0.2, 0) is 11.3 Å². The minimum Gasteiger partial charge on any atom is -0.350 e. The maximum Gasteiger partial charge on any atom is 0.251 e. The molecule has 0 radical (unpaired) electrons. The van der Waals surface area contributed by atoms with Gasteiger partial charge in [-0.2, -0.15) is 4.68 Å². The van der Waals surface area contributed by atoms with Crippen LogP contribution in [0.2, 0.25) is 0 Å². The number of nitrogens with one attached hydrogen (secondary N) is 1. The van der Waals surface area contributed by atoms with Crippen molar-refractivity contribution >= 4 is 17.6 Å². The third-order valence-electron chi connectivity index (χ3n) is 5.59. The molecule has 8 heteroatoms. The molecular weight excluding hydrogens is 414 g/mol. The predicted octanol–water partition coefficient (Wildman–Crippen LogP) is 3.14. The summed E-state index contributed by atoms with van der Waals surface area (Å²) in [5, 5.41) is 15.4. The zero-order valence-electron chi connectivity index (χ0n) is 18.2. The van der Waals surface area contributed by atoms with E-state index in [0.717, 1.165) is 22.4 Å². The second-order valence-corrected chi connectivity index (χ2v) is 7.92. The number of aryl methyl sites for hydroxylation is 1. The average Bonchev–Trinajstić information content (AvgIpc) is 3.35. The summed E-state index contributed by atoms with van der Waals surface area (Å²) >= 11 is 0. The first-order valence-electron chi connectivity index (χ1n) is 10.7. The first kappa shape index (κ1) is 20.6. The zero-order valence-corrected chi connectivity index (χ0v) is 18.2. The molecule has 2 aromatic heterocycles. The molecule has 3 heterocycles. The highest BCUT2D eigenvalue weighted by Crippen LogP contribution is 2.36. The van der Waals surface area contributed by atoms with Gasteiger partial charge in [-0.3, -0.25) is 14.7 Å². The number of hydrogen-bond donors (Lipinski definition) is 1. The fraction of sp³-hybridized carbons (Fsp3) is 0.160. The molecule has 8 nitrogen and oxygen atoms in total. The Hall–Kier alpha value is -4.33. The first-order chi connectivity index (χ1) is 16.2. The number of tetrazole rings is 1. The number of allylic oxidation sites excluding steroid dienone is 1. The van der Waals surface area contributed by atoms with Gasteiger partial charge >= 0.3 is 0 Å². The van der Waals surface area contributed by atoms with Crippen LogP contribution in [0, 0.1) is 6.92 Å². The number of pyridine rings is 1. The number of carbonyl (C=O) groups is 1. The molecule has 0 aliphatic carbocycles. The molecule has 1 aliphatic heterocycles. The smallest absolute Gasteiger partial charge is 0.251 e. The number of aromatic nitrogens is 5. The summed E-state index contributed by atoms with van der Waals surface area (Å²) in [5.74, 6) is 0.392. The van der Waals surface area contributed by atoms with Crippen molar-refractivity contribution in [2.75, 3.05) is 11.4 Å². The van der Waals surface area contributed by atoms with E-state index in [4.69, 9.17) is 0 Å². The molecule has 33 heavy (non-hydrogen) atoms. The third-order valence-corrected chi connectivity index (χ3v) is 5.59. The average molecular weight is 438 g/mol. The van der Waals surface area contributed by atoms with Crippen LogP contribution in [0.25, 0.3) is 5.70 Å². The molecule has 0 saturated heterocycles. The van der Waals surface area contributed by atoms with E-state index in [-0.39, 0.29) is 18.5 Å². The topological polar surface area (TPSA) is 88.8 Å². The monoisotopic (exact) mass is 437 g/mol. The van der Waals surface area contributed by atoms with E-state index in [1.165, 1.54) is 5.56 Å². The van der Waals surface area contributed by atoms with Crippen molar-refractivity contribution in [3.8, 4) is 0 Å². The van der Waals surface area contributed by atoms with Gasteiger partial charge in [-0.25, -0.2) is 0 Å². The Morgan fingerprint density at radius 1 is 1.03 bits per heavy atom. The van der Waals surface area contributed by atoms with Gasteiger partial charge < -0.3 is 5.32 Å². The number of anilines is 1. The van der Waals surface area contributed by atoms with E-state index >= 15 is 0 Å². The Bertz CT molecular complexity index is 1270. The fourth-order valence-electron chi connectivity index (χ4n) is 3.89. The second kappa shape index (κ2) is 9.04. The van der Waals surface area contributed by atoms with Crippen LogP contribution in [-0.4, -0.2) is 37.6 Å². The second-order valence-electron chi connectivity index (χ2n) is 7.92. The van der Waals surface area contributed by atoms with E-state index in [2.05, 4.69) is 75.2 Å². The Morgan fingerprint density at radius 2 is 1.85 bits per heavy atom. The molecule has 0 saturated carbocycles. The standard InChI is InChI=1S/C25H23N7O/c1-18-9-11-21(12-10-18)22-14-23(20-7-3-2-4-8-20)32-25(28-29-30-32)31(22)17-24(33)27-16-19-6-5-13-26-15-19/h2-15,23H,16-17H2,1H3,(H,27,33)/t23-/m0/s1. The number of fused-ring (bicyclic) bond motifs is 1.